The van der Waals surface area contributed by atoms with Crippen LogP contribution >= 0.6 is 23.1 Å². The van der Waals surface area contributed by atoms with E-state index in [-0.39, 0.29) is 11.7 Å². The quantitative estimate of drug-likeness (QED) is 0.314. The molecule has 0 atom stereocenters. The third kappa shape index (κ3) is 5.80. The van der Waals surface area contributed by atoms with Crippen molar-refractivity contribution in [1.82, 2.24) is 19.7 Å². The fourth-order valence-corrected chi connectivity index (χ4v) is 4.81. The zero-order valence-electron chi connectivity index (χ0n) is 18.8. The van der Waals surface area contributed by atoms with Crippen LogP contribution in [0.25, 0.3) is 11.3 Å². The average molecular weight is 479 g/mol. The second kappa shape index (κ2) is 10.6. The highest BCUT2D eigenvalue weighted by molar-refractivity contribution is 7.99. The van der Waals surface area contributed by atoms with Gasteiger partial charge in [0.05, 0.1) is 18.0 Å². The van der Waals surface area contributed by atoms with E-state index in [2.05, 4.69) is 32.7 Å². The predicted molar refractivity (Wildman–Crippen MR) is 136 cm³/mol. The Hall–Kier alpha value is -3.17. The molecule has 2 heterocycles. The van der Waals surface area contributed by atoms with Gasteiger partial charge in [-0.05, 0) is 44.0 Å². The number of carbonyl (C=O) groups is 1. The summed E-state index contributed by atoms with van der Waals surface area (Å²) in [7, 11) is 0. The molecule has 0 fully saturated rings. The van der Waals surface area contributed by atoms with Gasteiger partial charge in [0, 0.05) is 23.2 Å². The van der Waals surface area contributed by atoms with Crippen LogP contribution in [-0.4, -0.2) is 31.4 Å². The lowest BCUT2D eigenvalue weighted by atomic mass is 10.1. The number of rotatable bonds is 9. The van der Waals surface area contributed by atoms with Gasteiger partial charge in [-0.2, -0.15) is 0 Å². The predicted octanol–water partition coefficient (Wildman–Crippen LogP) is 5.38. The normalized spacial score (nSPS) is 10.9. The molecule has 33 heavy (non-hydrogen) atoms. The lowest BCUT2D eigenvalue weighted by Gasteiger charge is -2.09. The van der Waals surface area contributed by atoms with E-state index in [1.165, 1.54) is 17.3 Å². The third-order valence-electron chi connectivity index (χ3n) is 5.20. The number of hydrogen-bond acceptors (Lipinski definition) is 7. The van der Waals surface area contributed by atoms with Crippen LogP contribution in [0.2, 0.25) is 0 Å². The molecule has 7 nitrogen and oxygen atoms in total. The van der Waals surface area contributed by atoms with Gasteiger partial charge in [-0.1, -0.05) is 48.2 Å². The van der Waals surface area contributed by atoms with E-state index in [9.17, 15) is 4.79 Å². The molecular weight excluding hydrogens is 452 g/mol. The molecule has 0 radical (unpaired) electrons. The summed E-state index contributed by atoms with van der Waals surface area (Å²) in [5, 5.41) is 18.5. The highest BCUT2D eigenvalue weighted by Crippen LogP contribution is 2.25. The Morgan fingerprint density at radius 1 is 1.09 bits per heavy atom. The summed E-state index contributed by atoms with van der Waals surface area (Å²) in [5.74, 6) is 1.02. The van der Waals surface area contributed by atoms with Gasteiger partial charge in [0.2, 0.25) is 5.91 Å². The number of aryl methyl sites for hydroxylation is 2. The number of aromatic nitrogens is 4. The number of carbonyl (C=O) groups excluding carboxylic acids is 1. The first kappa shape index (κ1) is 23.0. The number of anilines is 2. The molecule has 2 aromatic carbocycles. The maximum absolute atomic E-state index is 12.4. The summed E-state index contributed by atoms with van der Waals surface area (Å²) in [5.41, 5.74) is 5.21. The number of thioether (sulfide) groups is 1. The van der Waals surface area contributed by atoms with Gasteiger partial charge in [0.25, 0.3) is 0 Å². The summed E-state index contributed by atoms with van der Waals surface area (Å²) in [6.07, 6.45) is 0. The molecule has 0 bridgehead atoms. The van der Waals surface area contributed by atoms with Crippen molar-refractivity contribution in [2.45, 2.75) is 39.0 Å². The Balaban J connectivity index is 1.33. The van der Waals surface area contributed by atoms with Crippen LogP contribution in [0.4, 0.5) is 10.8 Å². The Bertz CT molecular complexity index is 1230. The molecule has 0 aliphatic carbocycles. The molecule has 2 N–H and O–H groups in total. The molecule has 4 rings (SSSR count). The number of hydrogen-bond donors (Lipinski definition) is 2. The third-order valence-corrected chi connectivity index (χ3v) is 6.97. The molecular formula is C24H26N6OS2. The molecule has 9 heteroatoms. The maximum Gasteiger partial charge on any atom is 0.234 e. The first-order chi connectivity index (χ1) is 16.0. The van der Waals surface area contributed by atoms with E-state index in [0.717, 1.165) is 45.2 Å². The maximum atomic E-state index is 12.4. The molecule has 0 aliphatic rings. The lowest BCUT2D eigenvalue weighted by molar-refractivity contribution is -0.113. The van der Waals surface area contributed by atoms with E-state index in [4.69, 9.17) is 0 Å². The van der Waals surface area contributed by atoms with Gasteiger partial charge in [-0.25, -0.2) is 4.98 Å². The van der Waals surface area contributed by atoms with Crippen molar-refractivity contribution >= 4 is 39.8 Å². The van der Waals surface area contributed by atoms with Crippen molar-refractivity contribution in [2.24, 2.45) is 0 Å². The van der Waals surface area contributed by atoms with Crippen LogP contribution in [0, 0.1) is 13.8 Å². The molecule has 0 spiro atoms. The topological polar surface area (TPSA) is 84.7 Å². The zero-order chi connectivity index (χ0) is 23.2. The molecule has 4 aromatic rings. The minimum Gasteiger partial charge on any atom is -0.354 e. The van der Waals surface area contributed by atoms with Crippen molar-refractivity contribution in [1.29, 1.82) is 0 Å². The van der Waals surface area contributed by atoms with Gasteiger partial charge in [0.1, 0.15) is 0 Å². The van der Waals surface area contributed by atoms with E-state index < -0.39 is 0 Å². The fourth-order valence-electron chi connectivity index (χ4n) is 3.27. The van der Waals surface area contributed by atoms with Crippen LogP contribution < -0.4 is 10.6 Å². The number of nitrogens with one attached hydrogen (secondary N) is 2. The van der Waals surface area contributed by atoms with Crippen LogP contribution in [-0.2, 0) is 17.9 Å². The molecule has 2 aromatic heterocycles. The summed E-state index contributed by atoms with van der Waals surface area (Å²) in [6.45, 7) is 7.37. The number of amides is 1. The van der Waals surface area contributed by atoms with Gasteiger partial charge in [-0.15, -0.1) is 21.5 Å². The minimum atomic E-state index is -0.0650. The fraction of sp³-hybridized carbons (Fsp3) is 0.250. The smallest absolute Gasteiger partial charge is 0.234 e. The second-order valence-electron chi connectivity index (χ2n) is 7.54. The monoisotopic (exact) mass is 478 g/mol. The first-order valence-corrected chi connectivity index (χ1v) is 12.6. The molecule has 0 aliphatic heterocycles. The molecule has 0 saturated carbocycles. The summed E-state index contributed by atoms with van der Waals surface area (Å²) in [6, 6.07) is 16.0. The van der Waals surface area contributed by atoms with E-state index in [0.29, 0.717) is 6.54 Å². The minimum absolute atomic E-state index is 0.0650. The van der Waals surface area contributed by atoms with Crippen LogP contribution in [0.1, 0.15) is 23.9 Å². The van der Waals surface area contributed by atoms with Gasteiger partial charge < -0.3 is 15.2 Å². The average Bonchev–Trinajstić information content (AvgIpc) is 3.46. The van der Waals surface area contributed by atoms with Crippen molar-refractivity contribution in [3.8, 4) is 11.3 Å². The van der Waals surface area contributed by atoms with Crippen molar-refractivity contribution in [3.05, 3.63) is 70.9 Å². The molecule has 0 saturated heterocycles. The van der Waals surface area contributed by atoms with Crippen molar-refractivity contribution in [2.75, 3.05) is 16.4 Å². The second-order valence-corrected chi connectivity index (χ2v) is 9.34. The van der Waals surface area contributed by atoms with E-state index in [1.54, 1.807) is 11.3 Å². The van der Waals surface area contributed by atoms with Crippen LogP contribution in [0.5, 0.6) is 0 Å². The molecule has 1 amide bonds. The highest BCUT2D eigenvalue weighted by Gasteiger charge is 2.14. The standard InChI is InChI=1S/C24H26N6OS2/c1-4-30-21(13-25-23-27-20(14-32-23)18-8-6-5-7-9-18)28-29-24(30)33-15-22(31)26-19-11-10-16(2)17(3)12-19/h5-12,14H,4,13,15H2,1-3H3,(H,25,27)(H,26,31). The summed E-state index contributed by atoms with van der Waals surface area (Å²) < 4.78 is 2.02. The number of benzene rings is 2. The van der Waals surface area contributed by atoms with Crippen molar-refractivity contribution < 1.29 is 4.79 Å². The summed E-state index contributed by atoms with van der Waals surface area (Å²) in [4.78, 5) is 17.1. The number of thiazole rings is 1. The van der Waals surface area contributed by atoms with Gasteiger partial charge in [-0.3, -0.25) is 4.79 Å². The Morgan fingerprint density at radius 3 is 2.67 bits per heavy atom. The van der Waals surface area contributed by atoms with Crippen molar-refractivity contribution in [3.63, 3.8) is 0 Å². The SMILES string of the molecule is CCn1c(CNc2nc(-c3ccccc3)cs2)nnc1SCC(=O)Nc1ccc(C)c(C)c1. The molecule has 170 valence electrons. The van der Waals surface area contributed by atoms with Crippen LogP contribution in [0.15, 0.2) is 59.1 Å². The lowest BCUT2D eigenvalue weighted by Crippen LogP contribution is -2.15. The van der Waals surface area contributed by atoms with E-state index in [1.807, 2.05) is 72.3 Å². The summed E-state index contributed by atoms with van der Waals surface area (Å²) >= 11 is 2.95. The Labute approximate surface area is 201 Å². The van der Waals surface area contributed by atoms with Crippen LogP contribution in [0.3, 0.4) is 0 Å². The van der Waals surface area contributed by atoms with Gasteiger partial charge in [0.15, 0.2) is 16.1 Å². The first-order valence-electron chi connectivity index (χ1n) is 10.7. The Kier molecular flexibility index (Phi) is 7.41. The van der Waals surface area contributed by atoms with Gasteiger partial charge >= 0.3 is 0 Å². The number of nitrogens with zero attached hydrogens (tertiary/aromatic N) is 4. The highest BCUT2D eigenvalue weighted by atomic mass is 32.2. The van der Waals surface area contributed by atoms with E-state index >= 15 is 0 Å². The molecule has 0 unspecified atom stereocenters. The Morgan fingerprint density at radius 2 is 1.91 bits per heavy atom. The largest absolute Gasteiger partial charge is 0.354 e. The zero-order valence-corrected chi connectivity index (χ0v) is 20.5.